The molecule has 112 valence electrons. The highest BCUT2D eigenvalue weighted by Gasteiger charge is 2.45. The van der Waals surface area contributed by atoms with E-state index in [2.05, 4.69) is 4.89 Å². The van der Waals surface area contributed by atoms with E-state index < -0.39 is 12.1 Å². The zero-order chi connectivity index (χ0) is 14.5. The predicted octanol–water partition coefficient (Wildman–Crippen LogP) is 2.10. The minimum atomic E-state index is -1.50. The highest BCUT2D eigenvalue weighted by Crippen LogP contribution is 2.36. The second kappa shape index (κ2) is 6.49. The average Bonchev–Trinajstić information content (AvgIpc) is 3.19. The van der Waals surface area contributed by atoms with Crippen molar-refractivity contribution in [3.63, 3.8) is 0 Å². The van der Waals surface area contributed by atoms with E-state index in [4.69, 9.17) is 24.1 Å². The molecule has 0 radical (unpaired) electrons. The van der Waals surface area contributed by atoms with Gasteiger partial charge in [-0.3, -0.25) is 4.74 Å². The van der Waals surface area contributed by atoms with E-state index in [1.165, 1.54) is 0 Å². The van der Waals surface area contributed by atoms with Crippen molar-refractivity contribution < 1.29 is 29.0 Å². The molecule has 0 bridgehead atoms. The van der Waals surface area contributed by atoms with Crippen LogP contribution in [0.15, 0.2) is 30.3 Å². The topological polar surface area (TPSA) is 79.2 Å². The van der Waals surface area contributed by atoms with Gasteiger partial charge in [-0.1, -0.05) is 30.3 Å². The molecular formula is C14H15NO6. The summed E-state index contributed by atoms with van der Waals surface area (Å²) >= 11 is 0. The second-order valence-corrected chi connectivity index (χ2v) is 4.68. The standard InChI is InChI=1S/C14H15NO6/c15-9-14(11-5-2-1-3-6-11)18-13(20-21-14)8-4-7-12-16-10-17-19-12/h1-3,5-6,12-13H,4,7-8,10H2/t12?,13-,14+/m0/s1. The van der Waals surface area contributed by atoms with Gasteiger partial charge in [-0.15, -0.1) is 0 Å². The summed E-state index contributed by atoms with van der Waals surface area (Å²) in [5.74, 6) is -1.50. The van der Waals surface area contributed by atoms with E-state index in [9.17, 15) is 5.26 Å². The van der Waals surface area contributed by atoms with Crippen molar-refractivity contribution in [2.24, 2.45) is 0 Å². The molecule has 1 aromatic carbocycles. The molecule has 0 amide bonds. The summed E-state index contributed by atoms with van der Waals surface area (Å²) in [5.41, 5.74) is 0.603. The first kappa shape index (κ1) is 14.4. The third kappa shape index (κ3) is 3.22. The van der Waals surface area contributed by atoms with E-state index in [1.807, 2.05) is 24.3 Å². The number of nitriles is 1. The van der Waals surface area contributed by atoms with Crippen LogP contribution < -0.4 is 0 Å². The van der Waals surface area contributed by atoms with Crippen molar-refractivity contribution in [3.05, 3.63) is 35.9 Å². The number of hydrogen-bond acceptors (Lipinski definition) is 7. The van der Waals surface area contributed by atoms with Crippen LogP contribution >= 0.6 is 0 Å². The van der Waals surface area contributed by atoms with Crippen LogP contribution in [0.25, 0.3) is 0 Å². The molecule has 0 spiro atoms. The van der Waals surface area contributed by atoms with E-state index >= 15 is 0 Å². The SMILES string of the molecule is N#C[C@]1(c2ccccc2)OO[C@@H](CCCC2OCOO2)O1. The van der Waals surface area contributed by atoms with E-state index in [0.29, 0.717) is 18.4 Å². The average molecular weight is 293 g/mol. The first-order chi connectivity index (χ1) is 10.3. The molecule has 21 heavy (non-hydrogen) atoms. The van der Waals surface area contributed by atoms with Gasteiger partial charge in [0.25, 0.3) is 0 Å². The van der Waals surface area contributed by atoms with Crippen LogP contribution in [0.2, 0.25) is 0 Å². The molecule has 2 fully saturated rings. The molecule has 2 aliphatic rings. The lowest BCUT2D eigenvalue weighted by Gasteiger charge is -2.16. The Labute approximate surface area is 121 Å². The molecule has 2 aliphatic heterocycles. The summed E-state index contributed by atoms with van der Waals surface area (Å²) in [6, 6.07) is 11.0. The van der Waals surface area contributed by atoms with Crippen LogP contribution in [-0.2, 0) is 34.8 Å². The van der Waals surface area contributed by atoms with Gasteiger partial charge in [0.15, 0.2) is 19.4 Å². The highest BCUT2D eigenvalue weighted by molar-refractivity contribution is 5.26. The molecular weight excluding hydrogens is 278 g/mol. The molecule has 7 nitrogen and oxygen atoms in total. The van der Waals surface area contributed by atoms with Crippen molar-refractivity contribution in [1.29, 1.82) is 5.26 Å². The summed E-state index contributed by atoms with van der Waals surface area (Å²) in [4.78, 5) is 19.8. The van der Waals surface area contributed by atoms with Crippen LogP contribution in [-0.4, -0.2) is 19.4 Å². The lowest BCUT2D eigenvalue weighted by Crippen LogP contribution is -2.26. The molecule has 0 aliphatic carbocycles. The van der Waals surface area contributed by atoms with Crippen LogP contribution in [0.1, 0.15) is 24.8 Å². The molecule has 7 heteroatoms. The summed E-state index contributed by atoms with van der Waals surface area (Å²) in [7, 11) is 0. The Kier molecular flexibility index (Phi) is 4.45. The van der Waals surface area contributed by atoms with E-state index in [-0.39, 0.29) is 13.1 Å². The van der Waals surface area contributed by atoms with Crippen LogP contribution in [0.3, 0.4) is 0 Å². The molecule has 2 heterocycles. The summed E-state index contributed by atoms with van der Waals surface area (Å²) in [5, 5.41) is 9.35. The van der Waals surface area contributed by atoms with Gasteiger partial charge in [-0.2, -0.15) is 15.0 Å². The van der Waals surface area contributed by atoms with E-state index in [0.717, 1.165) is 6.42 Å². The van der Waals surface area contributed by atoms with Gasteiger partial charge in [-0.05, 0) is 6.42 Å². The Morgan fingerprint density at radius 2 is 1.95 bits per heavy atom. The largest absolute Gasteiger partial charge is 0.320 e. The molecule has 0 aromatic heterocycles. The molecule has 1 aromatic rings. The fourth-order valence-corrected chi connectivity index (χ4v) is 2.15. The van der Waals surface area contributed by atoms with Gasteiger partial charge in [-0.25, -0.2) is 9.78 Å². The number of hydrogen-bond donors (Lipinski definition) is 0. The number of ether oxygens (including phenoxy) is 2. The third-order valence-corrected chi connectivity index (χ3v) is 3.23. The first-order valence-corrected chi connectivity index (χ1v) is 6.71. The molecule has 3 rings (SSSR count). The Morgan fingerprint density at radius 1 is 1.14 bits per heavy atom. The van der Waals surface area contributed by atoms with Crippen molar-refractivity contribution in [2.45, 2.75) is 37.6 Å². The molecule has 0 N–H and O–H groups in total. The van der Waals surface area contributed by atoms with Crippen molar-refractivity contribution in [1.82, 2.24) is 0 Å². The Morgan fingerprint density at radius 3 is 2.67 bits per heavy atom. The zero-order valence-corrected chi connectivity index (χ0v) is 11.3. The van der Waals surface area contributed by atoms with Gasteiger partial charge in [0.05, 0.1) is 0 Å². The van der Waals surface area contributed by atoms with Gasteiger partial charge < -0.3 is 4.74 Å². The third-order valence-electron chi connectivity index (χ3n) is 3.23. The molecule has 2 saturated heterocycles. The normalized spacial score (nSPS) is 32.1. The van der Waals surface area contributed by atoms with E-state index in [1.54, 1.807) is 12.1 Å². The molecule has 0 saturated carbocycles. The smallest absolute Gasteiger partial charge is 0.318 e. The van der Waals surface area contributed by atoms with Gasteiger partial charge in [0, 0.05) is 18.4 Å². The Bertz CT molecular complexity index is 498. The quantitative estimate of drug-likeness (QED) is 0.769. The highest BCUT2D eigenvalue weighted by atomic mass is 17.3. The number of nitrogens with zero attached hydrogens (tertiary/aromatic N) is 1. The van der Waals surface area contributed by atoms with Crippen molar-refractivity contribution in [3.8, 4) is 6.07 Å². The summed E-state index contributed by atoms with van der Waals surface area (Å²) in [6.07, 6.45) is 0.959. The minimum absolute atomic E-state index is 0.149. The van der Waals surface area contributed by atoms with Crippen LogP contribution in [0.4, 0.5) is 0 Å². The predicted molar refractivity (Wildman–Crippen MR) is 66.5 cm³/mol. The maximum Gasteiger partial charge on any atom is 0.318 e. The lowest BCUT2D eigenvalue weighted by molar-refractivity contribution is -0.320. The maximum absolute atomic E-state index is 9.35. The fraction of sp³-hybridized carbons (Fsp3) is 0.500. The van der Waals surface area contributed by atoms with Crippen LogP contribution in [0, 0.1) is 11.3 Å². The maximum atomic E-state index is 9.35. The summed E-state index contributed by atoms with van der Waals surface area (Å²) in [6.45, 7) is 0.149. The number of rotatable bonds is 5. The second-order valence-electron chi connectivity index (χ2n) is 4.68. The Hall–Kier alpha value is -1.53. The van der Waals surface area contributed by atoms with Gasteiger partial charge in [0.1, 0.15) is 6.07 Å². The zero-order valence-electron chi connectivity index (χ0n) is 11.3. The molecule has 3 atom stereocenters. The van der Waals surface area contributed by atoms with Crippen molar-refractivity contribution in [2.75, 3.05) is 6.79 Å². The van der Waals surface area contributed by atoms with Crippen LogP contribution in [0.5, 0.6) is 0 Å². The monoisotopic (exact) mass is 293 g/mol. The van der Waals surface area contributed by atoms with Gasteiger partial charge >= 0.3 is 5.79 Å². The lowest BCUT2D eigenvalue weighted by atomic mass is 10.1. The first-order valence-electron chi connectivity index (χ1n) is 6.71. The fourth-order valence-electron chi connectivity index (χ4n) is 2.15. The minimum Gasteiger partial charge on any atom is -0.320 e. The summed E-state index contributed by atoms with van der Waals surface area (Å²) < 4.78 is 10.8. The van der Waals surface area contributed by atoms with Crippen molar-refractivity contribution >= 4 is 0 Å². The van der Waals surface area contributed by atoms with Gasteiger partial charge in [0.2, 0.25) is 0 Å². The molecule has 1 unspecified atom stereocenters. The number of benzene rings is 1. The Balaban J connectivity index is 1.53.